The van der Waals surface area contributed by atoms with Crippen molar-refractivity contribution in [2.45, 2.75) is 13.8 Å². The molecule has 0 saturated heterocycles. The zero-order valence-corrected chi connectivity index (χ0v) is 8.64. The van der Waals surface area contributed by atoms with E-state index < -0.39 is 0 Å². The van der Waals surface area contributed by atoms with Crippen LogP contribution in [0.25, 0.3) is 5.69 Å². The summed E-state index contributed by atoms with van der Waals surface area (Å²) in [6.45, 7) is 4.00. The summed E-state index contributed by atoms with van der Waals surface area (Å²) in [5, 5.41) is 0. The van der Waals surface area contributed by atoms with Gasteiger partial charge in [-0.25, -0.2) is 0 Å². The number of aromatic nitrogens is 1. The maximum Gasteiger partial charge on any atom is 0.0450 e. The van der Waals surface area contributed by atoms with Crippen molar-refractivity contribution in [3.8, 4) is 5.69 Å². The summed E-state index contributed by atoms with van der Waals surface area (Å²) in [6.07, 6.45) is 4.01. The lowest BCUT2D eigenvalue weighted by Gasteiger charge is -2.01. The van der Waals surface area contributed by atoms with E-state index in [1.165, 1.54) is 0 Å². The van der Waals surface area contributed by atoms with Crippen molar-refractivity contribution < 1.29 is 0 Å². The Morgan fingerprint density at radius 1 is 0.929 bits per heavy atom. The van der Waals surface area contributed by atoms with Crippen LogP contribution in [0.4, 0.5) is 5.69 Å². The van der Waals surface area contributed by atoms with Crippen LogP contribution in [0.1, 0.15) is 13.8 Å². The number of hydrogen-bond acceptors (Lipinski definition) is 1. The molecular formula is C12H16N2. The summed E-state index contributed by atoms with van der Waals surface area (Å²) in [7, 11) is 0. The molecule has 2 heteroatoms. The fourth-order valence-electron chi connectivity index (χ4n) is 1.15. The van der Waals surface area contributed by atoms with Crippen LogP contribution in [0.2, 0.25) is 0 Å². The van der Waals surface area contributed by atoms with Crippen LogP contribution < -0.4 is 5.73 Å². The molecule has 0 unspecified atom stereocenters. The average molecular weight is 188 g/mol. The molecule has 0 fully saturated rings. The molecule has 0 aliphatic rings. The topological polar surface area (TPSA) is 30.9 Å². The van der Waals surface area contributed by atoms with Gasteiger partial charge in [0.05, 0.1) is 0 Å². The molecule has 0 saturated carbocycles. The van der Waals surface area contributed by atoms with E-state index in [9.17, 15) is 0 Å². The van der Waals surface area contributed by atoms with Crippen LogP contribution in [0.15, 0.2) is 48.8 Å². The van der Waals surface area contributed by atoms with Crippen molar-refractivity contribution in [1.29, 1.82) is 0 Å². The van der Waals surface area contributed by atoms with Gasteiger partial charge in [-0.3, -0.25) is 0 Å². The lowest BCUT2D eigenvalue weighted by Crippen LogP contribution is -1.90. The van der Waals surface area contributed by atoms with Crippen molar-refractivity contribution in [2.75, 3.05) is 5.73 Å². The first-order chi connectivity index (χ1) is 6.86. The molecule has 2 aromatic rings. The normalized spacial score (nSPS) is 9.00. The van der Waals surface area contributed by atoms with Gasteiger partial charge in [-0.1, -0.05) is 13.8 Å². The molecule has 74 valence electrons. The molecule has 1 heterocycles. The second-order valence-electron chi connectivity index (χ2n) is 2.68. The summed E-state index contributed by atoms with van der Waals surface area (Å²) in [6, 6.07) is 11.8. The predicted octanol–water partition coefficient (Wildman–Crippen LogP) is 3.09. The minimum Gasteiger partial charge on any atom is -0.399 e. The SMILES string of the molecule is CC.Nc1ccc(-n2cccc2)cc1. The molecular weight excluding hydrogens is 172 g/mol. The van der Waals surface area contributed by atoms with Gasteiger partial charge in [0.2, 0.25) is 0 Å². The third-order valence-electron chi connectivity index (χ3n) is 1.80. The lowest BCUT2D eigenvalue weighted by atomic mass is 10.3. The van der Waals surface area contributed by atoms with Gasteiger partial charge >= 0.3 is 0 Å². The molecule has 2 rings (SSSR count). The van der Waals surface area contributed by atoms with E-state index >= 15 is 0 Å². The summed E-state index contributed by atoms with van der Waals surface area (Å²) >= 11 is 0. The van der Waals surface area contributed by atoms with E-state index in [-0.39, 0.29) is 0 Å². The Hall–Kier alpha value is -1.70. The first kappa shape index (κ1) is 10.4. The summed E-state index contributed by atoms with van der Waals surface area (Å²) in [4.78, 5) is 0. The number of nitrogen functional groups attached to an aromatic ring is 1. The monoisotopic (exact) mass is 188 g/mol. The van der Waals surface area contributed by atoms with E-state index in [2.05, 4.69) is 0 Å². The van der Waals surface area contributed by atoms with Gasteiger partial charge in [0.1, 0.15) is 0 Å². The fraction of sp³-hybridized carbons (Fsp3) is 0.167. The standard InChI is InChI=1S/C10H10N2.C2H6/c11-9-3-5-10(6-4-9)12-7-1-2-8-12;1-2/h1-8H,11H2;1-2H3. The Morgan fingerprint density at radius 2 is 1.43 bits per heavy atom. The number of anilines is 1. The third kappa shape index (κ3) is 2.39. The van der Waals surface area contributed by atoms with E-state index in [0.29, 0.717) is 0 Å². The number of hydrogen-bond donors (Lipinski definition) is 1. The van der Waals surface area contributed by atoms with E-state index in [1.807, 2.05) is 67.2 Å². The number of benzene rings is 1. The largest absolute Gasteiger partial charge is 0.399 e. The molecule has 14 heavy (non-hydrogen) atoms. The minimum absolute atomic E-state index is 0.797. The lowest BCUT2D eigenvalue weighted by molar-refractivity contribution is 1.08. The van der Waals surface area contributed by atoms with Gasteiger partial charge in [0.25, 0.3) is 0 Å². The minimum atomic E-state index is 0.797. The number of rotatable bonds is 1. The Bertz CT molecular complexity index is 346. The van der Waals surface area contributed by atoms with Crippen molar-refractivity contribution in [3.05, 3.63) is 48.8 Å². The Kier molecular flexibility index (Phi) is 3.80. The highest BCUT2D eigenvalue weighted by molar-refractivity contribution is 5.45. The highest BCUT2D eigenvalue weighted by atomic mass is 14.9. The number of nitrogens with two attached hydrogens (primary N) is 1. The Balaban J connectivity index is 0.000000461. The molecule has 2 nitrogen and oxygen atoms in total. The summed E-state index contributed by atoms with van der Waals surface area (Å²) in [5.41, 5.74) is 7.50. The van der Waals surface area contributed by atoms with Crippen LogP contribution in [-0.4, -0.2) is 4.57 Å². The molecule has 0 bridgehead atoms. The van der Waals surface area contributed by atoms with Gasteiger partial charge in [0, 0.05) is 23.8 Å². The third-order valence-corrected chi connectivity index (χ3v) is 1.80. The maximum atomic E-state index is 5.57. The summed E-state index contributed by atoms with van der Waals surface area (Å²) in [5.74, 6) is 0. The van der Waals surface area contributed by atoms with Crippen molar-refractivity contribution in [2.24, 2.45) is 0 Å². The first-order valence-electron chi connectivity index (χ1n) is 4.85. The molecule has 0 amide bonds. The predicted molar refractivity (Wildman–Crippen MR) is 61.5 cm³/mol. The van der Waals surface area contributed by atoms with Gasteiger partial charge in [-0.2, -0.15) is 0 Å². The molecule has 1 aromatic heterocycles. The van der Waals surface area contributed by atoms with E-state index in [0.717, 1.165) is 11.4 Å². The van der Waals surface area contributed by atoms with Gasteiger partial charge < -0.3 is 10.3 Å². The molecule has 0 aliphatic heterocycles. The molecule has 0 atom stereocenters. The zero-order valence-electron chi connectivity index (χ0n) is 8.64. The van der Waals surface area contributed by atoms with Crippen LogP contribution in [0, 0.1) is 0 Å². The van der Waals surface area contributed by atoms with Gasteiger partial charge in [0.15, 0.2) is 0 Å². The molecule has 2 N–H and O–H groups in total. The van der Waals surface area contributed by atoms with Crippen LogP contribution in [-0.2, 0) is 0 Å². The van der Waals surface area contributed by atoms with Crippen molar-refractivity contribution in [1.82, 2.24) is 4.57 Å². The van der Waals surface area contributed by atoms with E-state index in [1.54, 1.807) is 0 Å². The Labute approximate surface area is 85.0 Å². The second kappa shape index (κ2) is 5.12. The highest BCUT2D eigenvalue weighted by Crippen LogP contribution is 2.10. The van der Waals surface area contributed by atoms with E-state index in [4.69, 9.17) is 5.73 Å². The van der Waals surface area contributed by atoms with Gasteiger partial charge in [-0.05, 0) is 36.4 Å². The van der Waals surface area contributed by atoms with Crippen molar-refractivity contribution >= 4 is 5.69 Å². The zero-order chi connectivity index (χ0) is 10.4. The quantitative estimate of drug-likeness (QED) is 0.685. The van der Waals surface area contributed by atoms with Crippen LogP contribution in [0.3, 0.4) is 0 Å². The molecule has 0 aliphatic carbocycles. The maximum absolute atomic E-state index is 5.57. The second-order valence-corrected chi connectivity index (χ2v) is 2.68. The van der Waals surface area contributed by atoms with Crippen LogP contribution >= 0.6 is 0 Å². The first-order valence-corrected chi connectivity index (χ1v) is 4.85. The summed E-state index contributed by atoms with van der Waals surface area (Å²) < 4.78 is 2.04. The Morgan fingerprint density at radius 3 is 1.93 bits per heavy atom. The fourth-order valence-corrected chi connectivity index (χ4v) is 1.15. The smallest absolute Gasteiger partial charge is 0.0450 e. The van der Waals surface area contributed by atoms with Crippen LogP contribution in [0.5, 0.6) is 0 Å². The average Bonchev–Trinajstić information content (AvgIpc) is 2.75. The molecule has 1 aromatic carbocycles. The van der Waals surface area contributed by atoms with Crippen molar-refractivity contribution in [3.63, 3.8) is 0 Å². The highest BCUT2D eigenvalue weighted by Gasteiger charge is 1.91. The molecule has 0 radical (unpaired) electrons. The molecule has 0 spiro atoms. The number of nitrogens with zero attached hydrogens (tertiary/aromatic N) is 1. The van der Waals surface area contributed by atoms with Gasteiger partial charge in [-0.15, -0.1) is 0 Å².